The molecule has 1 fully saturated rings. The Labute approximate surface area is 331 Å². The summed E-state index contributed by atoms with van der Waals surface area (Å²) in [5.74, 6) is 0.951. The average molecular weight is 933 g/mol. The Morgan fingerprint density at radius 3 is 2.51 bits per heavy atom. The summed E-state index contributed by atoms with van der Waals surface area (Å²) in [6.45, 7) is 5.63. The molecule has 5 amide bonds. The third-order valence-electron chi connectivity index (χ3n) is 8.20. The maximum atomic E-state index is 12.7. The molecule has 0 radical (unpaired) electrons. The van der Waals surface area contributed by atoms with Gasteiger partial charge < -0.3 is 52.2 Å². The van der Waals surface area contributed by atoms with Crippen molar-refractivity contribution in [3.63, 3.8) is 0 Å². The number of aromatic nitrogens is 1. The van der Waals surface area contributed by atoms with Crippen molar-refractivity contribution in [1.29, 1.82) is 0 Å². The van der Waals surface area contributed by atoms with Crippen LogP contribution in [0.15, 0.2) is 60.7 Å². The van der Waals surface area contributed by atoms with Gasteiger partial charge in [0, 0.05) is 57.5 Å². The number of amides is 5. The van der Waals surface area contributed by atoms with E-state index in [0.717, 1.165) is 57.2 Å². The minimum Gasteiger partial charge on any atom is -0.492 e. The zero-order valence-electron chi connectivity index (χ0n) is 29.4. The fourth-order valence-corrected chi connectivity index (χ4v) is 6.69. The number of para-hydroxylation sites is 1. The first-order valence-electron chi connectivity index (χ1n) is 16.6. The number of thiazole rings is 1. The van der Waals surface area contributed by atoms with Crippen molar-refractivity contribution in [2.45, 2.75) is 37.7 Å². The fourth-order valence-electron chi connectivity index (χ4n) is 5.41. The maximum Gasteiger partial charge on any atom is 2.00 e. The van der Waals surface area contributed by atoms with Crippen molar-refractivity contribution < 1.29 is 54.5 Å². The van der Waals surface area contributed by atoms with Crippen LogP contribution in [0, 0.1) is 6.92 Å². The molecule has 6 rings (SSSR count). The number of likely N-dealkylation sites (N-methyl/N-ethyl adjacent to an activating group) is 2. The van der Waals surface area contributed by atoms with E-state index in [1.807, 2.05) is 67.7 Å². The molecule has 1 aromatic heterocycles. The molecule has 4 aromatic rings. The van der Waals surface area contributed by atoms with Crippen LogP contribution in [-0.2, 0) is 51.5 Å². The largest absolute Gasteiger partial charge is 2.00 e. The number of aryl methyl sites for hydroxylation is 1. The number of anilines is 1. The van der Waals surface area contributed by atoms with Crippen LogP contribution in [0.2, 0.25) is 5.02 Å². The Kier molecular flexibility index (Phi) is 17.4. The molecule has 0 aliphatic carbocycles. The molecule has 0 bridgehead atoms. The third-order valence-corrected chi connectivity index (χ3v) is 9.76. The van der Waals surface area contributed by atoms with Crippen molar-refractivity contribution in [2.75, 3.05) is 45.7 Å². The van der Waals surface area contributed by atoms with Gasteiger partial charge >= 0.3 is 21.1 Å². The molecule has 2 aliphatic heterocycles. The molecule has 4 N–H and O–H groups in total. The van der Waals surface area contributed by atoms with Gasteiger partial charge in [-0.15, -0.1) is 11.3 Å². The number of halogens is 1. The normalized spacial score (nSPS) is 14.0. The summed E-state index contributed by atoms with van der Waals surface area (Å²) in [5.41, 5.74) is 2.68. The van der Waals surface area contributed by atoms with Crippen molar-refractivity contribution in [1.82, 2.24) is 25.8 Å². The Hall–Kier alpha value is -4.36. The minimum absolute atomic E-state index is 0. The maximum absolute atomic E-state index is 12.7. The van der Waals surface area contributed by atoms with E-state index >= 15 is 0 Å². The summed E-state index contributed by atoms with van der Waals surface area (Å²) in [6, 6.07) is 19.0. The fraction of sp³-hybridized carbons (Fsp3) is 0.324. The molecule has 0 saturated carbocycles. The van der Waals surface area contributed by atoms with E-state index in [2.05, 4.69) is 22.9 Å². The average Bonchev–Trinajstić information content (AvgIpc) is 3.61. The molecule has 3 heterocycles. The molecular weight excluding hydrogens is 892 g/mol. The number of nitrogens with zero attached hydrogens (tertiary/aromatic N) is 2. The van der Waals surface area contributed by atoms with E-state index in [0.29, 0.717) is 49.7 Å². The van der Waals surface area contributed by atoms with Crippen LogP contribution >= 0.6 is 22.9 Å². The third kappa shape index (κ3) is 11.8. The number of benzene rings is 3. The molecule has 1 saturated heterocycles. The Bertz CT molecular complexity index is 1870. The number of fused-ring (bicyclic) bond motifs is 2. The smallest absolute Gasteiger partial charge is 0.492 e. The first-order valence-corrected chi connectivity index (χ1v) is 17.8. The number of hydrogen-bond donors (Lipinski definition) is 4. The predicted molar refractivity (Wildman–Crippen MR) is 201 cm³/mol. The Balaban J connectivity index is 0.000000264. The van der Waals surface area contributed by atoms with Gasteiger partial charge in [0.15, 0.2) is 5.60 Å². The summed E-state index contributed by atoms with van der Waals surface area (Å²) in [5, 5.41) is 11.8. The van der Waals surface area contributed by atoms with Crippen molar-refractivity contribution >= 4 is 69.4 Å². The quantitative estimate of drug-likeness (QED) is 0.0743. The molecule has 280 valence electrons. The van der Waals surface area contributed by atoms with Crippen LogP contribution in [0.5, 0.6) is 11.5 Å². The van der Waals surface area contributed by atoms with Crippen LogP contribution in [0.3, 0.4) is 0 Å². The molecule has 16 heteroatoms. The first-order chi connectivity index (χ1) is 25.2. The number of hydrogen-bond acceptors (Lipinski definition) is 10. The molecule has 0 spiro atoms. The number of rotatable bonds is 11. The van der Waals surface area contributed by atoms with Crippen molar-refractivity contribution in [2.24, 2.45) is 0 Å². The van der Waals surface area contributed by atoms with E-state index in [4.69, 9.17) is 26.1 Å². The van der Waals surface area contributed by atoms with Gasteiger partial charge in [-0.2, -0.15) is 6.42 Å². The molecule has 2 aliphatic rings. The van der Waals surface area contributed by atoms with Crippen LogP contribution in [0.25, 0.3) is 20.8 Å². The second-order valence-electron chi connectivity index (χ2n) is 11.6. The summed E-state index contributed by atoms with van der Waals surface area (Å²) in [4.78, 5) is 60.6. The standard InChI is InChI=1S/C21H20ClN3O3S.C12H16N2O2.C4H5NO2.W/c1-23-20(27)21(9-11-25(13-26)12-10-21)28-17-8-3-2-5-14(17)19-24-16-7-4-6-15(22)18(16)29-19;1-13-6-7-16-10-3-4-11-9(8-10)2-5-12(15)14-11;1-2-4(7)5-3-6;/h2-8,13H,9-12H2,1H3,(H,23,27);3-4,8,13H,2,5-7H2,1H3,(H,14,15);1-2H2,(H,5,6,7);/q;;-2;+2. The van der Waals surface area contributed by atoms with Crippen molar-refractivity contribution in [3.8, 4) is 22.1 Å². The van der Waals surface area contributed by atoms with Crippen LogP contribution < -0.4 is 30.7 Å². The molecule has 3 aromatic carbocycles. The number of ether oxygens (including phenoxy) is 2. The van der Waals surface area contributed by atoms with Crippen LogP contribution in [-0.4, -0.2) is 86.4 Å². The zero-order valence-corrected chi connectivity index (χ0v) is 33.9. The summed E-state index contributed by atoms with van der Waals surface area (Å²) < 4.78 is 12.9. The molecule has 0 unspecified atom stereocenters. The monoisotopic (exact) mass is 932 g/mol. The van der Waals surface area contributed by atoms with Gasteiger partial charge in [0.25, 0.3) is 5.91 Å². The van der Waals surface area contributed by atoms with Gasteiger partial charge in [0.2, 0.25) is 12.3 Å². The first kappa shape index (κ1) is 43.0. The summed E-state index contributed by atoms with van der Waals surface area (Å²) in [7, 11) is 3.49. The molecular formula is C37H41ClN6O7SW. The minimum atomic E-state index is -1.03. The molecule has 13 nitrogen and oxygen atoms in total. The number of carbonyl (C=O) groups is 4. The topological polar surface area (TPSA) is 168 Å². The molecule has 53 heavy (non-hydrogen) atoms. The second kappa shape index (κ2) is 21.4. The Morgan fingerprint density at radius 2 is 1.87 bits per heavy atom. The van der Waals surface area contributed by atoms with E-state index in [1.165, 1.54) is 17.7 Å². The SMILES string of the molecule is CNC(=O)C1(Oc2ccccc2-c2nc3cccc(Cl)c3s2)CCN(C=O)CC1.CNCCOc1ccc2c(c1)CCC(=O)N2.[CH2-]CC(=O)N[C-]=O.[W+2]. The van der Waals surface area contributed by atoms with Gasteiger partial charge in [-0.3, -0.25) is 14.4 Å². The van der Waals surface area contributed by atoms with Crippen LogP contribution in [0.4, 0.5) is 5.69 Å². The molecule has 0 atom stereocenters. The van der Waals surface area contributed by atoms with Gasteiger partial charge in [-0.1, -0.05) is 29.8 Å². The number of imide groups is 1. The number of piperidine rings is 1. The summed E-state index contributed by atoms with van der Waals surface area (Å²) >= 11 is 7.81. The van der Waals surface area contributed by atoms with Gasteiger partial charge in [0.1, 0.15) is 23.1 Å². The van der Waals surface area contributed by atoms with E-state index in [9.17, 15) is 24.0 Å². The summed E-state index contributed by atoms with van der Waals surface area (Å²) in [6.07, 6.45) is 4.32. The van der Waals surface area contributed by atoms with Gasteiger partial charge in [-0.25, -0.2) is 4.98 Å². The van der Waals surface area contributed by atoms with Gasteiger partial charge in [-0.05, 0) is 61.5 Å². The zero-order chi connectivity index (χ0) is 37.5. The Morgan fingerprint density at radius 1 is 1.11 bits per heavy atom. The number of nitrogens with one attached hydrogen (secondary N) is 4. The van der Waals surface area contributed by atoms with E-state index in [1.54, 1.807) is 17.3 Å². The second-order valence-corrected chi connectivity index (χ2v) is 13.0. The van der Waals surface area contributed by atoms with Gasteiger partial charge in [0.05, 0.1) is 27.2 Å². The van der Waals surface area contributed by atoms with Crippen molar-refractivity contribution in [3.05, 3.63) is 78.2 Å². The van der Waals surface area contributed by atoms with E-state index < -0.39 is 11.5 Å². The van der Waals surface area contributed by atoms with E-state index in [-0.39, 0.29) is 39.3 Å². The predicted octanol–water partition coefficient (Wildman–Crippen LogP) is 4.29. The number of carbonyl (C=O) groups excluding carboxylic acids is 5. The number of likely N-dealkylation sites (tertiary alicyclic amines) is 1. The van der Waals surface area contributed by atoms with Crippen LogP contribution in [0.1, 0.15) is 31.2 Å².